The van der Waals surface area contributed by atoms with E-state index in [9.17, 15) is 4.79 Å². The van der Waals surface area contributed by atoms with Crippen molar-refractivity contribution in [3.05, 3.63) is 35.4 Å². The lowest BCUT2D eigenvalue weighted by atomic mass is 10.0. The number of nitriles is 1. The molecular weight excluding hydrogens is 224 g/mol. The Bertz CT molecular complexity index is 490. The molecule has 1 amide bonds. The second-order valence-corrected chi connectivity index (χ2v) is 5.45. The Morgan fingerprint density at radius 3 is 2.50 bits per heavy atom. The standard InChI is InChI=1S/C15H16N2O/c16-8-10-1-3-11(4-2-10)9-17-15(18)14-6-12-5-13(12)7-14/h1-4,12-14H,5-7,9H2,(H,17,18). The van der Waals surface area contributed by atoms with E-state index < -0.39 is 0 Å². The molecular formula is C15H16N2O. The summed E-state index contributed by atoms with van der Waals surface area (Å²) in [5.41, 5.74) is 1.70. The third-order valence-corrected chi connectivity index (χ3v) is 4.16. The van der Waals surface area contributed by atoms with Crippen molar-refractivity contribution in [3.8, 4) is 6.07 Å². The van der Waals surface area contributed by atoms with Gasteiger partial charge >= 0.3 is 0 Å². The van der Waals surface area contributed by atoms with Crippen LogP contribution in [0, 0.1) is 29.1 Å². The first-order valence-corrected chi connectivity index (χ1v) is 6.53. The van der Waals surface area contributed by atoms with Crippen LogP contribution in [0.2, 0.25) is 0 Å². The van der Waals surface area contributed by atoms with E-state index >= 15 is 0 Å². The van der Waals surface area contributed by atoms with Gasteiger partial charge in [0.25, 0.3) is 0 Å². The summed E-state index contributed by atoms with van der Waals surface area (Å²) in [6, 6.07) is 9.44. The number of fused-ring (bicyclic) bond motifs is 1. The maximum absolute atomic E-state index is 11.9. The van der Waals surface area contributed by atoms with Gasteiger partial charge in [0.2, 0.25) is 5.91 Å². The average Bonchev–Trinajstić information content (AvgIpc) is 3.03. The van der Waals surface area contributed by atoms with Crippen LogP contribution in [-0.2, 0) is 11.3 Å². The fraction of sp³-hybridized carbons (Fsp3) is 0.467. The Kier molecular flexibility index (Phi) is 2.79. The highest BCUT2D eigenvalue weighted by molar-refractivity contribution is 5.79. The molecule has 18 heavy (non-hydrogen) atoms. The number of hydrogen-bond donors (Lipinski definition) is 1. The van der Waals surface area contributed by atoms with Crippen molar-refractivity contribution in [2.45, 2.75) is 25.8 Å². The fourth-order valence-electron chi connectivity index (χ4n) is 2.96. The first-order chi connectivity index (χ1) is 8.76. The van der Waals surface area contributed by atoms with Gasteiger partial charge in [0.05, 0.1) is 11.6 Å². The lowest BCUT2D eigenvalue weighted by Gasteiger charge is -2.12. The molecule has 3 heteroatoms. The van der Waals surface area contributed by atoms with E-state index in [0.29, 0.717) is 12.1 Å². The fourth-order valence-corrected chi connectivity index (χ4v) is 2.96. The van der Waals surface area contributed by atoms with E-state index in [-0.39, 0.29) is 11.8 Å². The van der Waals surface area contributed by atoms with Crippen molar-refractivity contribution < 1.29 is 4.79 Å². The molecule has 3 nitrogen and oxygen atoms in total. The number of nitrogens with one attached hydrogen (secondary N) is 1. The molecule has 1 aromatic carbocycles. The second kappa shape index (κ2) is 4.45. The van der Waals surface area contributed by atoms with Crippen LogP contribution in [0.4, 0.5) is 0 Å². The summed E-state index contributed by atoms with van der Waals surface area (Å²) in [7, 11) is 0. The zero-order valence-corrected chi connectivity index (χ0v) is 10.2. The number of carbonyl (C=O) groups is 1. The summed E-state index contributed by atoms with van der Waals surface area (Å²) in [6.07, 6.45) is 3.52. The van der Waals surface area contributed by atoms with Gasteiger partial charge < -0.3 is 5.32 Å². The minimum atomic E-state index is 0.201. The van der Waals surface area contributed by atoms with Crippen LogP contribution >= 0.6 is 0 Å². The zero-order chi connectivity index (χ0) is 12.5. The molecule has 0 radical (unpaired) electrons. The molecule has 2 saturated carbocycles. The Morgan fingerprint density at radius 2 is 1.89 bits per heavy atom. The summed E-state index contributed by atoms with van der Waals surface area (Å²) in [5.74, 6) is 2.13. The number of carbonyl (C=O) groups excluding carboxylic acids is 1. The van der Waals surface area contributed by atoms with Crippen LogP contribution < -0.4 is 5.32 Å². The Morgan fingerprint density at radius 1 is 1.22 bits per heavy atom. The Hall–Kier alpha value is -1.82. The Labute approximate surface area is 107 Å². The first-order valence-electron chi connectivity index (χ1n) is 6.53. The molecule has 0 aliphatic heterocycles. The molecule has 0 heterocycles. The number of nitrogens with zero attached hydrogens (tertiary/aromatic N) is 1. The van der Waals surface area contributed by atoms with Gasteiger partial charge in [-0.3, -0.25) is 4.79 Å². The van der Waals surface area contributed by atoms with Crippen LogP contribution in [0.1, 0.15) is 30.4 Å². The molecule has 0 bridgehead atoms. The van der Waals surface area contributed by atoms with Crippen molar-refractivity contribution in [1.82, 2.24) is 5.32 Å². The summed E-state index contributed by atoms with van der Waals surface area (Å²) in [4.78, 5) is 11.9. The lowest BCUT2D eigenvalue weighted by Crippen LogP contribution is -2.29. The van der Waals surface area contributed by atoms with E-state index in [2.05, 4.69) is 11.4 Å². The summed E-state index contributed by atoms with van der Waals surface area (Å²) < 4.78 is 0. The predicted molar refractivity (Wildman–Crippen MR) is 67.3 cm³/mol. The van der Waals surface area contributed by atoms with E-state index in [1.807, 2.05) is 12.1 Å². The van der Waals surface area contributed by atoms with Crippen molar-refractivity contribution in [2.75, 3.05) is 0 Å². The Balaban J connectivity index is 1.51. The smallest absolute Gasteiger partial charge is 0.223 e. The van der Waals surface area contributed by atoms with Crippen molar-refractivity contribution >= 4 is 5.91 Å². The number of rotatable bonds is 3. The van der Waals surface area contributed by atoms with Gasteiger partial charge in [-0.2, -0.15) is 5.26 Å². The summed E-state index contributed by atoms with van der Waals surface area (Å²) >= 11 is 0. The molecule has 2 aliphatic rings. The highest BCUT2D eigenvalue weighted by atomic mass is 16.1. The predicted octanol–water partition coefficient (Wildman–Crippen LogP) is 2.22. The van der Waals surface area contributed by atoms with Crippen LogP contribution in [0.5, 0.6) is 0 Å². The molecule has 2 fully saturated rings. The van der Waals surface area contributed by atoms with Crippen molar-refractivity contribution in [1.29, 1.82) is 5.26 Å². The van der Waals surface area contributed by atoms with E-state index in [1.165, 1.54) is 6.42 Å². The molecule has 2 unspecified atom stereocenters. The normalized spacial score (nSPS) is 28.3. The maximum atomic E-state index is 11.9. The monoisotopic (exact) mass is 240 g/mol. The van der Waals surface area contributed by atoms with Crippen LogP contribution in [0.25, 0.3) is 0 Å². The highest BCUT2D eigenvalue weighted by Crippen LogP contribution is 2.54. The SMILES string of the molecule is N#Cc1ccc(CNC(=O)C2CC3CC3C2)cc1. The molecule has 1 aromatic rings. The van der Waals surface area contributed by atoms with Gasteiger partial charge in [-0.1, -0.05) is 12.1 Å². The van der Waals surface area contributed by atoms with Gasteiger partial charge in [-0.25, -0.2) is 0 Å². The van der Waals surface area contributed by atoms with Crippen molar-refractivity contribution in [3.63, 3.8) is 0 Å². The lowest BCUT2D eigenvalue weighted by molar-refractivity contribution is -0.125. The number of hydrogen-bond acceptors (Lipinski definition) is 2. The molecule has 0 aromatic heterocycles. The van der Waals surface area contributed by atoms with Gasteiger partial charge in [0, 0.05) is 12.5 Å². The van der Waals surface area contributed by atoms with E-state index in [1.54, 1.807) is 12.1 Å². The molecule has 0 saturated heterocycles. The van der Waals surface area contributed by atoms with Crippen LogP contribution in [0.3, 0.4) is 0 Å². The molecule has 1 N–H and O–H groups in total. The van der Waals surface area contributed by atoms with Crippen molar-refractivity contribution in [2.24, 2.45) is 17.8 Å². The number of benzene rings is 1. The van der Waals surface area contributed by atoms with Crippen LogP contribution in [0.15, 0.2) is 24.3 Å². The molecule has 3 rings (SSSR count). The van der Waals surface area contributed by atoms with E-state index in [0.717, 1.165) is 30.2 Å². The third kappa shape index (κ3) is 2.24. The zero-order valence-electron chi connectivity index (χ0n) is 10.2. The van der Waals surface area contributed by atoms with Gasteiger partial charge in [-0.15, -0.1) is 0 Å². The molecule has 0 spiro atoms. The van der Waals surface area contributed by atoms with Crippen LogP contribution in [-0.4, -0.2) is 5.91 Å². The van der Waals surface area contributed by atoms with Gasteiger partial charge in [-0.05, 0) is 48.8 Å². The largest absolute Gasteiger partial charge is 0.352 e. The second-order valence-electron chi connectivity index (χ2n) is 5.45. The number of amides is 1. The minimum absolute atomic E-state index is 0.201. The van der Waals surface area contributed by atoms with Gasteiger partial charge in [0.15, 0.2) is 0 Å². The molecule has 2 atom stereocenters. The topological polar surface area (TPSA) is 52.9 Å². The third-order valence-electron chi connectivity index (χ3n) is 4.16. The van der Waals surface area contributed by atoms with Gasteiger partial charge in [0.1, 0.15) is 0 Å². The summed E-state index contributed by atoms with van der Waals surface area (Å²) in [6.45, 7) is 0.566. The average molecular weight is 240 g/mol. The van der Waals surface area contributed by atoms with E-state index in [4.69, 9.17) is 5.26 Å². The first kappa shape index (κ1) is 11.3. The molecule has 92 valence electrons. The highest BCUT2D eigenvalue weighted by Gasteiger charge is 2.47. The molecule has 2 aliphatic carbocycles. The quantitative estimate of drug-likeness (QED) is 0.880. The summed E-state index contributed by atoms with van der Waals surface area (Å²) in [5, 5.41) is 11.7. The minimum Gasteiger partial charge on any atom is -0.352 e. The maximum Gasteiger partial charge on any atom is 0.223 e.